The van der Waals surface area contributed by atoms with Crippen molar-refractivity contribution in [3.63, 3.8) is 0 Å². The molecule has 2 nitrogen and oxygen atoms in total. The Hall–Kier alpha value is 0.270. The summed E-state index contributed by atoms with van der Waals surface area (Å²) in [6.07, 6.45) is 3.89. The second kappa shape index (κ2) is 6.87. The van der Waals surface area contributed by atoms with E-state index in [9.17, 15) is 0 Å². The standard InChI is InChI=1S/C13H28N2S/c1-13(2,11-14-7-4-10-16)12-5-8-15(3)9-6-12/h12,14,16H,4-11H2,1-3H3. The van der Waals surface area contributed by atoms with Gasteiger partial charge in [0.05, 0.1) is 0 Å². The van der Waals surface area contributed by atoms with E-state index in [0.29, 0.717) is 5.41 Å². The summed E-state index contributed by atoms with van der Waals surface area (Å²) in [6, 6.07) is 0. The highest BCUT2D eigenvalue weighted by molar-refractivity contribution is 7.80. The van der Waals surface area contributed by atoms with Gasteiger partial charge in [0.1, 0.15) is 0 Å². The van der Waals surface area contributed by atoms with Crippen LogP contribution in [0.5, 0.6) is 0 Å². The molecule has 0 atom stereocenters. The predicted octanol–water partition coefficient (Wildman–Crippen LogP) is 2.26. The van der Waals surface area contributed by atoms with Crippen LogP contribution < -0.4 is 5.32 Å². The van der Waals surface area contributed by atoms with E-state index in [1.165, 1.54) is 32.4 Å². The first-order chi connectivity index (χ1) is 7.56. The number of likely N-dealkylation sites (tertiary alicyclic amines) is 1. The second-order valence-electron chi connectivity index (χ2n) is 5.82. The average Bonchev–Trinajstić information content (AvgIpc) is 2.25. The molecule has 1 rings (SSSR count). The Balaban J connectivity index is 2.26. The van der Waals surface area contributed by atoms with E-state index in [4.69, 9.17) is 0 Å². The lowest BCUT2D eigenvalue weighted by Gasteiger charge is -2.40. The molecule has 1 saturated heterocycles. The van der Waals surface area contributed by atoms with Gasteiger partial charge < -0.3 is 10.2 Å². The number of nitrogens with zero attached hydrogens (tertiary/aromatic N) is 1. The molecule has 0 radical (unpaired) electrons. The van der Waals surface area contributed by atoms with Gasteiger partial charge in [-0.3, -0.25) is 0 Å². The van der Waals surface area contributed by atoms with Crippen LogP contribution in [0.1, 0.15) is 33.1 Å². The minimum atomic E-state index is 0.442. The molecule has 0 aromatic rings. The zero-order valence-corrected chi connectivity index (χ0v) is 12.0. The maximum absolute atomic E-state index is 4.23. The molecule has 1 aliphatic rings. The van der Waals surface area contributed by atoms with Crippen LogP contribution in [0.4, 0.5) is 0 Å². The maximum Gasteiger partial charge on any atom is 0.000519 e. The van der Waals surface area contributed by atoms with Crippen LogP contribution in [0, 0.1) is 11.3 Å². The first-order valence-corrected chi connectivity index (χ1v) is 7.19. The quantitative estimate of drug-likeness (QED) is 0.550. The molecule has 96 valence electrons. The molecule has 0 aromatic carbocycles. The van der Waals surface area contributed by atoms with E-state index in [-0.39, 0.29) is 0 Å². The summed E-state index contributed by atoms with van der Waals surface area (Å²) in [7, 11) is 2.23. The lowest BCUT2D eigenvalue weighted by molar-refractivity contribution is 0.113. The van der Waals surface area contributed by atoms with Crippen molar-refractivity contribution in [1.82, 2.24) is 10.2 Å². The zero-order chi connectivity index (χ0) is 12.0. The molecule has 1 N–H and O–H groups in total. The minimum Gasteiger partial charge on any atom is -0.316 e. The van der Waals surface area contributed by atoms with Gasteiger partial charge in [-0.15, -0.1) is 0 Å². The molecule has 16 heavy (non-hydrogen) atoms. The van der Waals surface area contributed by atoms with Crippen molar-refractivity contribution in [2.75, 3.05) is 39.0 Å². The fraction of sp³-hybridized carbons (Fsp3) is 1.00. The fourth-order valence-electron chi connectivity index (χ4n) is 2.55. The van der Waals surface area contributed by atoms with Gasteiger partial charge in [0.25, 0.3) is 0 Å². The monoisotopic (exact) mass is 244 g/mol. The van der Waals surface area contributed by atoms with Crippen molar-refractivity contribution in [1.29, 1.82) is 0 Å². The van der Waals surface area contributed by atoms with Gasteiger partial charge >= 0.3 is 0 Å². The van der Waals surface area contributed by atoms with Crippen LogP contribution >= 0.6 is 12.6 Å². The highest BCUT2D eigenvalue weighted by Gasteiger charge is 2.31. The van der Waals surface area contributed by atoms with Gasteiger partial charge in [0, 0.05) is 6.54 Å². The lowest BCUT2D eigenvalue weighted by atomic mass is 9.73. The smallest absolute Gasteiger partial charge is 0.000519 e. The Kier molecular flexibility index (Phi) is 6.16. The Morgan fingerprint density at radius 1 is 1.31 bits per heavy atom. The predicted molar refractivity (Wildman–Crippen MR) is 75.3 cm³/mol. The van der Waals surface area contributed by atoms with Gasteiger partial charge in [0.15, 0.2) is 0 Å². The lowest BCUT2D eigenvalue weighted by Crippen LogP contribution is -2.42. The largest absolute Gasteiger partial charge is 0.316 e. The number of thiol groups is 1. The molecule has 0 spiro atoms. The van der Waals surface area contributed by atoms with Crippen LogP contribution in [-0.4, -0.2) is 43.9 Å². The van der Waals surface area contributed by atoms with Crippen molar-refractivity contribution >= 4 is 12.6 Å². The van der Waals surface area contributed by atoms with Crippen LogP contribution in [0.2, 0.25) is 0 Å². The van der Waals surface area contributed by atoms with Crippen molar-refractivity contribution in [2.24, 2.45) is 11.3 Å². The fourth-order valence-corrected chi connectivity index (χ4v) is 2.71. The van der Waals surface area contributed by atoms with Gasteiger partial charge in [0.2, 0.25) is 0 Å². The van der Waals surface area contributed by atoms with Crippen molar-refractivity contribution < 1.29 is 0 Å². The summed E-state index contributed by atoms with van der Waals surface area (Å²) in [6.45, 7) is 9.62. The molecule has 0 aromatic heterocycles. The molecular weight excluding hydrogens is 216 g/mol. The highest BCUT2D eigenvalue weighted by atomic mass is 32.1. The zero-order valence-electron chi connectivity index (χ0n) is 11.1. The topological polar surface area (TPSA) is 15.3 Å². The molecule has 0 unspecified atom stereocenters. The summed E-state index contributed by atoms with van der Waals surface area (Å²) in [5.74, 6) is 1.87. The second-order valence-corrected chi connectivity index (χ2v) is 6.27. The normalized spacial score (nSPS) is 20.2. The number of rotatable bonds is 6. The number of hydrogen-bond acceptors (Lipinski definition) is 3. The number of piperidine rings is 1. The van der Waals surface area contributed by atoms with Crippen molar-refractivity contribution in [3.05, 3.63) is 0 Å². The summed E-state index contributed by atoms with van der Waals surface area (Å²) >= 11 is 4.23. The van der Waals surface area contributed by atoms with Crippen molar-refractivity contribution in [2.45, 2.75) is 33.1 Å². The molecule has 1 heterocycles. The summed E-state index contributed by atoms with van der Waals surface area (Å²) in [5, 5.41) is 3.57. The molecule has 3 heteroatoms. The Labute approximate surface area is 107 Å². The molecule has 0 saturated carbocycles. The highest BCUT2D eigenvalue weighted by Crippen LogP contribution is 2.34. The van der Waals surface area contributed by atoms with Gasteiger partial charge in [-0.2, -0.15) is 12.6 Å². The first-order valence-electron chi connectivity index (χ1n) is 6.56. The molecule has 0 aliphatic carbocycles. The molecule has 0 amide bonds. The Morgan fingerprint density at radius 3 is 2.50 bits per heavy atom. The third-order valence-corrected chi connectivity index (χ3v) is 4.23. The first kappa shape index (κ1) is 14.3. The number of hydrogen-bond donors (Lipinski definition) is 2. The number of nitrogens with one attached hydrogen (secondary N) is 1. The van der Waals surface area contributed by atoms with E-state index < -0.39 is 0 Å². The van der Waals surface area contributed by atoms with Crippen LogP contribution in [0.3, 0.4) is 0 Å². The minimum absolute atomic E-state index is 0.442. The van der Waals surface area contributed by atoms with Crippen LogP contribution in [0.15, 0.2) is 0 Å². The third-order valence-electron chi connectivity index (χ3n) is 3.92. The molecule has 1 fully saturated rings. The van der Waals surface area contributed by atoms with Gasteiger partial charge in [-0.25, -0.2) is 0 Å². The van der Waals surface area contributed by atoms with E-state index >= 15 is 0 Å². The molecular formula is C13H28N2S. The van der Waals surface area contributed by atoms with Gasteiger partial charge in [-0.05, 0) is 63.0 Å². The van der Waals surface area contributed by atoms with E-state index in [1.54, 1.807) is 0 Å². The Bertz CT molecular complexity index is 186. The third kappa shape index (κ3) is 4.64. The van der Waals surface area contributed by atoms with E-state index in [1.807, 2.05) is 0 Å². The Morgan fingerprint density at radius 2 is 1.94 bits per heavy atom. The van der Waals surface area contributed by atoms with E-state index in [0.717, 1.165) is 24.8 Å². The molecule has 0 bridgehead atoms. The van der Waals surface area contributed by atoms with Crippen molar-refractivity contribution in [3.8, 4) is 0 Å². The van der Waals surface area contributed by atoms with Crippen LogP contribution in [0.25, 0.3) is 0 Å². The average molecular weight is 244 g/mol. The van der Waals surface area contributed by atoms with E-state index in [2.05, 4.69) is 43.7 Å². The van der Waals surface area contributed by atoms with Gasteiger partial charge in [-0.1, -0.05) is 13.8 Å². The molecule has 1 aliphatic heterocycles. The van der Waals surface area contributed by atoms with Crippen LogP contribution in [-0.2, 0) is 0 Å². The summed E-state index contributed by atoms with van der Waals surface area (Å²) in [4.78, 5) is 2.45. The summed E-state index contributed by atoms with van der Waals surface area (Å²) in [5.41, 5.74) is 0.442. The summed E-state index contributed by atoms with van der Waals surface area (Å²) < 4.78 is 0. The maximum atomic E-state index is 4.23. The SMILES string of the molecule is CN1CCC(C(C)(C)CNCCCS)CC1.